The quantitative estimate of drug-likeness (QED) is 0.828. The number of amides is 1. The number of nitrogens with zero attached hydrogens (tertiary/aromatic N) is 2. The highest BCUT2D eigenvalue weighted by molar-refractivity contribution is 6.00. The Balaban J connectivity index is 1.83. The predicted octanol–water partition coefficient (Wildman–Crippen LogP) is 4.69. The first-order valence-corrected chi connectivity index (χ1v) is 9.12. The van der Waals surface area contributed by atoms with E-state index >= 15 is 0 Å². The van der Waals surface area contributed by atoms with Gasteiger partial charge in [0.05, 0.1) is 17.2 Å². The monoisotopic (exact) mass is 387 g/mol. The number of hydrogen-bond donors (Lipinski definition) is 1. The normalized spacial score (nSPS) is 15.6. The van der Waals surface area contributed by atoms with Crippen molar-refractivity contribution in [2.24, 2.45) is 0 Å². The van der Waals surface area contributed by atoms with Crippen LogP contribution in [0.15, 0.2) is 48.5 Å². The van der Waals surface area contributed by atoms with Crippen molar-refractivity contribution < 1.29 is 18.0 Å². The molecule has 2 aromatic rings. The average Bonchev–Trinajstić information content (AvgIpc) is 2.72. The largest absolute Gasteiger partial charge is 0.416 e. The third-order valence-corrected chi connectivity index (χ3v) is 4.80. The predicted molar refractivity (Wildman–Crippen MR) is 99.8 cm³/mol. The van der Waals surface area contributed by atoms with Crippen molar-refractivity contribution in [2.45, 2.75) is 31.5 Å². The molecule has 0 aromatic heterocycles. The summed E-state index contributed by atoms with van der Waals surface area (Å²) < 4.78 is 38.8. The molecular formula is C21H20F3N3O. The summed E-state index contributed by atoms with van der Waals surface area (Å²) in [6, 6.07) is 12.3. The highest BCUT2D eigenvalue weighted by atomic mass is 19.4. The number of anilines is 1. The van der Waals surface area contributed by atoms with Gasteiger partial charge in [-0.1, -0.05) is 24.3 Å². The van der Waals surface area contributed by atoms with Crippen molar-refractivity contribution in [3.05, 3.63) is 65.2 Å². The number of nitrogens with one attached hydrogen (secondary N) is 1. The summed E-state index contributed by atoms with van der Waals surface area (Å²) in [6.45, 7) is 1.69. The lowest BCUT2D eigenvalue weighted by Gasteiger charge is -2.30. The van der Waals surface area contributed by atoms with Crippen LogP contribution in [0.2, 0.25) is 0 Å². The topological polar surface area (TPSA) is 56.1 Å². The van der Waals surface area contributed by atoms with Crippen molar-refractivity contribution in [1.82, 2.24) is 5.32 Å². The SMILES string of the molecule is N#CC(NC(=O)c1ccccc1N1CCCCC1)c1cccc(C(F)(F)F)c1. The molecule has 1 aliphatic rings. The molecule has 0 spiro atoms. The number of carbonyl (C=O) groups excluding carboxylic acids is 1. The minimum absolute atomic E-state index is 0.0983. The molecule has 1 amide bonds. The molecule has 3 rings (SSSR count). The molecule has 4 nitrogen and oxygen atoms in total. The van der Waals surface area contributed by atoms with Crippen LogP contribution in [0.5, 0.6) is 0 Å². The Bertz CT molecular complexity index is 883. The number of hydrogen-bond acceptors (Lipinski definition) is 3. The molecular weight excluding hydrogens is 367 g/mol. The fourth-order valence-electron chi connectivity index (χ4n) is 3.37. The van der Waals surface area contributed by atoms with Gasteiger partial charge in [0.25, 0.3) is 5.91 Å². The van der Waals surface area contributed by atoms with Gasteiger partial charge >= 0.3 is 6.18 Å². The fourth-order valence-corrected chi connectivity index (χ4v) is 3.37. The van der Waals surface area contributed by atoms with Gasteiger partial charge in [0.15, 0.2) is 0 Å². The number of benzene rings is 2. The lowest BCUT2D eigenvalue weighted by Crippen LogP contribution is -2.33. The molecule has 1 fully saturated rings. The Labute approximate surface area is 161 Å². The van der Waals surface area contributed by atoms with Gasteiger partial charge < -0.3 is 10.2 Å². The summed E-state index contributed by atoms with van der Waals surface area (Å²) >= 11 is 0. The maximum Gasteiger partial charge on any atom is 0.416 e. The van der Waals surface area contributed by atoms with E-state index in [0.29, 0.717) is 5.56 Å². The summed E-state index contributed by atoms with van der Waals surface area (Å²) in [4.78, 5) is 15.0. The Morgan fingerprint density at radius 1 is 1.07 bits per heavy atom. The number of rotatable bonds is 4. The van der Waals surface area contributed by atoms with Gasteiger partial charge in [-0.15, -0.1) is 0 Å². The number of halogens is 3. The van der Waals surface area contributed by atoms with Gasteiger partial charge in [-0.3, -0.25) is 4.79 Å². The average molecular weight is 387 g/mol. The summed E-state index contributed by atoms with van der Waals surface area (Å²) in [5.41, 5.74) is 0.436. The van der Waals surface area contributed by atoms with E-state index in [1.54, 1.807) is 12.1 Å². The molecule has 0 saturated carbocycles. The molecule has 1 unspecified atom stereocenters. The smallest absolute Gasteiger partial charge is 0.371 e. The third kappa shape index (κ3) is 4.45. The van der Waals surface area contributed by atoms with Crippen molar-refractivity contribution >= 4 is 11.6 Å². The molecule has 0 aliphatic carbocycles. The van der Waals surface area contributed by atoms with Crippen molar-refractivity contribution in [1.29, 1.82) is 5.26 Å². The third-order valence-electron chi connectivity index (χ3n) is 4.80. The van der Waals surface area contributed by atoms with E-state index in [9.17, 15) is 23.2 Å². The molecule has 1 atom stereocenters. The van der Waals surface area contributed by atoms with E-state index in [2.05, 4.69) is 10.2 Å². The minimum atomic E-state index is -4.51. The first kappa shape index (κ1) is 19.7. The maximum absolute atomic E-state index is 12.9. The van der Waals surface area contributed by atoms with E-state index in [0.717, 1.165) is 50.2 Å². The number of piperidine rings is 1. The molecule has 146 valence electrons. The van der Waals surface area contributed by atoms with Gasteiger partial charge in [-0.05, 0) is 49.1 Å². The Morgan fingerprint density at radius 3 is 2.46 bits per heavy atom. The molecule has 1 N–H and O–H groups in total. The van der Waals surface area contributed by atoms with Crippen LogP contribution < -0.4 is 10.2 Å². The van der Waals surface area contributed by atoms with Crippen LogP contribution in [0.4, 0.5) is 18.9 Å². The van der Waals surface area contributed by atoms with E-state index in [1.807, 2.05) is 18.2 Å². The van der Waals surface area contributed by atoms with E-state index in [4.69, 9.17) is 0 Å². The van der Waals surface area contributed by atoms with Crippen molar-refractivity contribution in [3.63, 3.8) is 0 Å². The van der Waals surface area contributed by atoms with Gasteiger partial charge in [-0.2, -0.15) is 18.4 Å². The number of alkyl halides is 3. The summed E-state index contributed by atoms with van der Waals surface area (Å²) in [7, 11) is 0. The van der Waals surface area contributed by atoms with Gasteiger partial charge in [-0.25, -0.2) is 0 Å². The zero-order valence-corrected chi connectivity index (χ0v) is 15.2. The number of para-hydroxylation sites is 1. The molecule has 0 radical (unpaired) electrons. The molecule has 1 aliphatic heterocycles. The summed E-state index contributed by atoms with van der Waals surface area (Å²) in [5.74, 6) is -0.481. The first-order chi connectivity index (χ1) is 13.4. The highest BCUT2D eigenvalue weighted by Gasteiger charge is 2.31. The van der Waals surface area contributed by atoms with Crippen molar-refractivity contribution in [3.8, 4) is 6.07 Å². The van der Waals surface area contributed by atoms with Crippen LogP contribution >= 0.6 is 0 Å². The van der Waals surface area contributed by atoms with Crippen LogP contribution in [-0.4, -0.2) is 19.0 Å². The molecule has 7 heteroatoms. The van der Waals surface area contributed by atoms with Crippen molar-refractivity contribution in [2.75, 3.05) is 18.0 Å². The lowest BCUT2D eigenvalue weighted by atomic mass is 10.0. The van der Waals surface area contributed by atoms with E-state index in [1.165, 1.54) is 12.1 Å². The minimum Gasteiger partial charge on any atom is -0.371 e. The Kier molecular flexibility index (Phi) is 5.88. The standard InChI is InChI=1S/C21H20F3N3O/c22-21(23,24)16-8-6-7-15(13-16)18(14-25)26-20(28)17-9-2-3-10-19(17)27-11-4-1-5-12-27/h2-3,6-10,13,18H,1,4-5,11-12H2,(H,26,28). The lowest BCUT2D eigenvalue weighted by molar-refractivity contribution is -0.137. The van der Waals surface area contributed by atoms with Crippen LogP contribution in [0.25, 0.3) is 0 Å². The molecule has 1 heterocycles. The molecule has 2 aromatic carbocycles. The van der Waals surface area contributed by atoms with Crippen LogP contribution in [0, 0.1) is 11.3 Å². The zero-order valence-electron chi connectivity index (χ0n) is 15.2. The van der Waals surface area contributed by atoms with Gasteiger partial charge in [0, 0.05) is 18.8 Å². The molecule has 1 saturated heterocycles. The first-order valence-electron chi connectivity index (χ1n) is 9.12. The van der Waals surface area contributed by atoms with E-state index < -0.39 is 23.7 Å². The van der Waals surface area contributed by atoms with Gasteiger partial charge in [0.1, 0.15) is 6.04 Å². The highest BCUT2D eigenvalue weighted by Crippen LogP contribution is 2.31. The maximum atomic E-state index is 12.9. The van der Waals surface area contributed by atoms with Gasteiger partial charge in [0.2, 0.25) is 0 Å². The Hall–Kier alpha value is -3.01. The second-order valence-corrected chi connectivity index (χ2v) is 6.72. The summed E-state index contributed by atoms with van der Waals surface area (Å²) in [6.07, 6.45) is -1.28. The van der Waals surface area contributed by atoms with Crippen LogP contribution in [0.1, 0.15) is 46.8 Å². The molecule has 0 bridgehead atoms. The zero-order chi connectivity index (χ0) is 20.1. The molecule has 28 heavy (non-hydrogen) atoms. The fraction of sp³-hybridized carbons (Fsp3) is 0.333. The van der Waals surface area contributed by atoms with E-state index in [-0.39, 0.29) is 5.56 Å². The van der Waals surface area contributed by atoms with Crippen LogP contribution in [-0.2, 0) is 6.18 Å². The Morgan fingerprint density at radius 2 is 1.79 bits per heavy atom. The second-order valence-electron chi connectivity index (χ2n) is 6.72. The second kappa shape index (κ2) is 8.34. The summed E-state index contributed by atoms with van der Waals surface area (Å²) in [5, 5.41) is 12.0. The number of nitriles is 1. The van der Waals surface area contributed by atoms with Crippen LogP contribution in [0.3, 0.4) is 0 Å². The number of carbonyl (C=O) groups is 1.